The zero-order valence-electron chi connectivity index (χ0n) is 12.6. The van der Waals surface area contributed by atoms with Gasteiger partial charge in [-0.15, -0.1) is 0 Å². The number of hydrogen-bond donors (Lipinski definition) is 1. The van der Waals surface area contributed by atoms with Crippen molar-refractivity contribution in [1.29, 1.82) is 0 Å². The lowest BCUT2D eigenvalue weighted by atomic mass is 10.00. The maximum absolute atomic E-state index is 10.6. The van der Waals surface area contributed by atoms with E-state index in [0.717, 1.165) is 11.3 Å². The first-order chi connectivity index (χ1) is 9.99. The number of halogens is 1. The van der Waals surface area contributed by atoms with Crippen LogP contribution < -0.4 is 9.47 Å². The Morgan fingerprint density at radius 1 is 1.29 bits per heavy atom. The number of nitrogens with zero attached hydrogens (tertiary/aromatic N) is 2. The van der Waals surface area contributed by atoms with E-state index in [1.165, 1.54) is 0 Å². The molecule has 0 aliphatic carbocycles. The Kier molecular flexibility index (Phi) is 4.75. The van der Waals surface area contributed by atoms with Gasteiger partial charge in [-0.05, 0) is 19.1 Å². The quantitative estimate of drug-likeness (QED) is 0.922. The van der Waals surface area contributed by atoms with Gasteiger partial charge in [-0.1, -0.05) is 17.7 Å². The summed E-state index contributed by atoms with van der Waals surface area (Å²) in [4.78, 5) is 0. The van der Waals surface area contributed by atoms with Gasteiger partial charge in [-0.3, -0.25) is 4.68 Å². The standard InChI is InChI=1S/C15H19ClN2O3/c1-9-10(15(16)18(2)17-9)8-11(19)14-12(20-3)6-5-7-13(14)21-4/h5-7,11,19H,8H2,1-4H3. The lowest BCUT2D eigenvalue weighted by Gasteiger charge is -2.18. The smallest absolute Gasteiger partial charge is 0.130 e. The Morgan fingerprint density at radius 2 is 1.86 bits per heavy atom. The van der Waals surface area contributed by atoms with Crippen LogP contribution in [0, 0.1) is 6.92 Å². The number of ether oxygens (including phenoxy) is 2. The third-order valence-corrected chi connectivity index (χ3v) is 3.94. The average Bonchev–Trinajstić information content (AvgIpc) is 2.72. The second-order valence-corrected chi connectivity index (χ2v) is 5.13. The molecule has 0 radical (unpaired) electrons. The number of aryl methyl sites for hydroxylation is 2. The monoisotopic (exact) mass is 310 g/mol. The molecule has 1 N–H and O–H groups in total. The fraction of sp³-hybridized carbons (Fsp3) is 0.400. The Balaban J connectivity index is 2.38. The molecule has 0 fully saturated rings. The molecular weight excluding hydrogens is 292 g/mol. The number of aliphatic hydroxyl groups excluding tert-OH is 1. The highest BCUT2D eigenvalue weighted by molar-refractivity contribution is 6.30. The fourth-order valence-corrected chi connectivity index (χ4v) is 2.66. The molecule has 1 unspecified atom stereocenters. The van der Waals surface area contributed by atoms with Gasteiger partial charge in [0.2, 0.25) is 0 Å². The molecule has 0 bridgehead atoms. The Bertz CT molecular complexity index is 618. The van der Waals surface area contributed by atoms with Crippen molar-refractivity contribution in [3.63, 3.8) is 0 Å². The summed E-state index contributed by atoms with van der Waals surface area (Å²) < 4.78 is 12.2. The van der Waals surface area contributed by atoms with E-state index in [1.807, 2.05) is 13.0 Å². The number of aromatic nitrogens is 2. The third-order valence-electron chi connectivity index (χ3n) is 3.47. The second-order valence-electron chi connectivity index (χ2n) is 4.77. The summed E-state index contributed by atoms with van der Waals surface area (Å²) in [6, 6.07) is 5.40. The van der Waals surface area contributed by atoms with Crippen LogP contribution in [0.15, 0.2) is 18.2 Å². The highest BCUT2D eigenvalue weighted by Crippen LogP contribution is 2.36. The van der Waals surface area contributed by atoms with Gasteiger partial charge in [0.25, 0.3) is 0 Å². The molecule has 0 amide bonds. The van der Waals surface area contributed by atoms with E-state index in [-0.39, 0.29) is 0 Å². The van der Waals surface area contributed by atoms with E-state index in [2.05, 4.69) is 5.10 Å². The minimum absolute atomic E-state index is 0.342. The summed E-state index contributed by atoms with van der Waals surface area (Å²) in [6.45, 7) is 1.87. The van der Waals surface area contributed by atoms with Crippen LogP contribution in [-0.4, -0.2) is 29.1 Å². The Labute approximate surface area is 129 Å². The molecule has 1 aromatic carbocycles. The van der Waals surface area contributed by atoms with Crippen molar-refractivity contribution in [2.75, 3.05) is 14.2 Å². The molecule has 0 saturated heterocycles. The van der Waals surface area contributed by atoms with Crippen molar-refractivity contribution in [2.45, 2.75) is 19.4 Å². The second kappa shape index (κ2) is 6.37. The summed E-state index contributed by atoms with van der Waals surface area (Å²) in [6.07, 6.45) is -0.452. The largest absolute Gasteiger partial charge is 0.496 e. The van der Waals surface area contributed by atoms with Crippen LogP contribution >= 0.6 is 11.6 Å². The van der Waals surface area contributed by atoms with Crippen LogP contribution in [0.4, 0.5) is 0 Å². The van der Waals surface area contributed by atoms with Crippen LogP contribution in [-0.2, 0) is 13.5 Å². The summed E-state index contributed by atoms with van der Waals surface area (Å²) in [5.74, 6) is 1.17. The Morgan fingerprint density at radius 3 is 2.29 bits per heavy atom. The van der Waals surface area contributed by atoms with Gasteiger partial charge >= 0.3 is 0 Å². The van der Waals surface area contributed by atoms with Crippen molar-refractivity contribution >= 4 is 11.6 Å². The number of aliphatic hydroxyl groups is 1. The van der Waals surface area contributed by atoms with Crippen molar-refractivity contribution < 1.29 is 14.6 Å². The maximum Gasteiger partial charge on any atom is 0.130 e. The molecule has 21 heavy (non-hydrogen) atoms. The zero-order chi connectivity index (χ0) is 15.6. The molecule has 6 heteroatoms. The SMILES string of the molecule is COc1cccc(OC)c1C(O)Cc1c(C)nn(C)c1Cl. The first-order valence-electron chi connectivity index (χ1n) is 6.56. The van der Waals surface area contributed by atoms with E-state index in [9.17, 15) is 5.11 Å². The van der Waals surface area contributed by atoms with Crippen LogP contribution in [0.25, 0.3) is 0 Å². The number of rotatable bonds is 5. The molecule has 1 heterocycles. The number of benzene rings is 1. The van der Waals surface area contributed by atoms with E-state index in [1.54, 1.807) is 38.1 Å². The number of methoxy groups -OCH3 is 2. The minimum Gasteiger partial charge on any atom is -0.496 e. The topological polar surface area (TPSA) is 56.5 Å². The first kappa shape index (κ1) is 15.7. The van der Waals surface area contributed by atoms with Crippen LogP contribution in [0.5, 0.6) is 11.5 Å². The van der Waals surface area contributed by atoms with Crippen LogP contribution in [0.1, 0.15) is 22.9 Å². The summed E-state index contributed by atoms with van der Waals surface area (Å²) in [5, 5.41) is 15.4. The molecule has 0 saturated carbocycles. The van der Waals surface area contributed by atoms with Crippen LogP contribution in [0.2, 0.25) is 5.15 Å². The van der Waals surface area contributed by atoms with E-state index in [0.29, 0.717) is 28.6 Å². The van der Waals surface area contributed by atoms with Gasteiger partial charge in [0.15, 0.2) is 0 Å². The number of hydrogen-bond acceptors (Lipinski definition) is 4. The van der Waals surface area contributed by atoms with Crippen LogP contribution in [0.3, 0.4) is 0 Å². The van der Waals surface area contributed by atoms with Gasteiger partial charge in [-0.2, -0.15) is 5.10 Å². The maximum atomic E-state index is 10.6. The van der Waals surface area contributed by atoms with E-state index >= 15 is 0 Å². The van der Waals surface area contributed by atoms with Crippen molar-refractivity contribution in [2.24, 2.45) is 7.05 Å². The molecule has 114 valence electrons. The lowest BCUT2D eigenvalue weighted by Crippen LogP contribution is -2.07. The van der Waals surface area contributed by atoms with Gasteiger partial charge < -0.3 is 14.6 Å². The van der Waals surface area contributed by atoms with E-state index in [4.69, 9.17) is 21.1 Å². The zero-order valence-corrected chi connectivity index (χ0v) is 13.3. The van der Waals surface area contributed by atoms with E-state index < -0.39 is 6.10 Å². The molecule has 1 aromatic heterocycles. The molecule has 2 aromatic rings. The molecule has 1 atom stereocenters. The van der Waals surface area contributed by atoms with Gasteiger partial charge in [0.1, 0.15) is 16.7 Å². The molecule has 0 spiro atoms. The highest BCUT2D eigenvalue weighted by Gasteiger charge is 2.22. The lowest BCUT2D eigenvalue weighted by molar-refractivity contribution is 0.169. The van der Waals surface area contributed by atoms with Gasteiger partial charge in [-0.25, -0.2) is 0 Å². The molecular formula is C15H19ClN2O3. The molecule has 2 rings (SSSR count). The van der Waals surface area contributed by atoms with Crippen molar-refractivity contribution in [1.82, 2.24) is 9.78 Å². The predicted molar refractivity (Wildman–Crippen MR) is 81.2 cm³/mol. The molecule has 5 nitrogen and oxygen atoms in total. The highest BCUT2D eigenvalue weighted by atomic mass is 35.5. The molecule has 0 aliphatic rings. The molecule has 0 aliphatic heterocycles. The minimum atomic E-state index is -0.795. The third kappa shape index (κ3) is 2.99. The summed E-state index contributed by atoms with van der Waals surface area (Å²) >= 11 is 6.22. The average molecular weight is 311 g/mol. The van der Waals surface area contributed by atoms with Gasteiger partial charge in [0, 0.05) is 19.0 Å². The van der Waals surface area contributed by atoms with Crippen molar-refractivity contribution in [3.8, 4) is 11.5 Å². The Hall–Kier alpha value is -1.72. The fourth-order valence-electron chi connectivity index (χ4n) is 2.41. The van der Waals surface area contributed by atoms with Crippen molar-refractivity contribution in [3.05, 3.63) is 40.2 Å². The first-order valence-corrected chi connectivity index (χ1v) is 6.94. The predicted octanol–water partition coefficient (Wildman–Crippen LogP) is 2.68. The summed E-state index contributed by atoms with van der Waals surface area (Å²) in [7, 11) is 4.90. The van der Waals surface area contributed by atoms with Gasteiger partial charge in [0.05, 0.1) is 31.6 Å². The summed E-state index contributed by atoms with van der Waals surface area (Å²) in [5.41, 5.74) is 2.23. The normalized spacial score (nSPS) is 12.3.